The maximum absolute atomic E-state index is 12.4. The van der Waals surface area contributed by atoms with Crippen LogP contribution in [0.25, 0.3) is 5.82 Å². The largest absolute Gasteiger partial charge is 0.439 e. The van der Waals surface area contributed by atoms with Crippen molar-refractivity contribution in [1.29, 1.82) is 0 Å². The second-order valence-electron chi connectivity index (χ2n) is 6.08. The van der Waals surface area contributed by atoms with Gasteiger partial charge in [0.2, 0.25) is 5.88 Å². The van der Waals surface area contributed by atoms with Crippen LogP contribution in [0.5, 0.6) is 11.6 Å². The Kier molecular flexibility index (Phi) is 4.79. The van der Waals surface area contributed by atoms with Crippen LogP contribution in [0.15, 0.2) is 79.6 Å². The van der Waals surface area contributed by atoms with Crippen LogP contribution in [0.1, 0.15) is 15.9 Å². The van der Waals surface area contributed by atoms with Crippen LogP contribution in [0.2, 0.25) is 0 Å². The molecule has 4 rings (SSSR count). The Hall–Kier alpha value is -4.00. The molecule has 0 aliphatic rings. The number of rotatable bonds is 5. The highest BCUT2D eigenvalue weighted by molar-refractivity contribution is 6.05. The lowest BCUT2D eigenvalue weighted by atomic mass is 10.1. The third-order valence-electron chi connectivity index (χ3n) is 4.12. The first-order valence-corrected chi connectivity index (χ1v) is 8.64. The molecule has 0 radical (unpaired) electrons. The average Bonchev–Trinajstić information content (AvgIpc) is 3.25. The lowest BCUT2D eigenvalue weighted by Gasteiger charge is -2.09. The topological polar surface area (TPSA) is 81.9 Å². The van der Waals surface area contributed by atoms with Crippen molar-refractivity contribution in [2.45, 2.75) is 6.92 Å². The number of nitrogens with one attached hydrogen (secondary N) is 1. The molecular weight excluding hydrogens is 354 g/mol. The number of amides is 1. The summed E-state index contributed by atoms with van der Waals surface area (Å²) in [5.74, 6) is 1.52. The lowest BCUT2D eigenvalue weighted by Crippen LogP contribution is -2.13. The number of nitrogens with zero attached hydrogens (tertiary/aromatic N) is 4. The van der Waals surface area contributed by atoms with Gasteiger partial charge in [-0.2, -0.15) is 0 Å². The van der Waals surface area contributed by atoms with Gasteiger partial charge in [0, 0.05) is 29.7 Å². The Balaban J connectivity index is 1.45. The van der Waals surface area contributed by atoms with Crippen molar-refractivity contribution in [3.63, 3.8) is 0 Å². The fourth-order valence-electron chi connectivity index (χ4n) is 2.67. The molecule has 1 amide bonds. The zero-order valence-electron chi connectivity index (χ0n) is 15.1. The molecule has 0 spiro atoms. The van der Waals surface area contributed by atoms with Crippen LogP contribution >= 0.6 is 0 Å². The van der Waals surface area contributed by atoms with Gasteiger partial charge in [0.05, 0.1) is 0 Å². The smallest absolute Gasteiger partial charge is 0.255 e. The summed E-state index contributed by atoms with van der Waals surface area (Å²) in [5.41, 5.74) is 2.26. The fraction of sp³-hybridized carbons (Fsp3) is 0.0476. The molecule has 4 aromatic rings. The first kappa shape index (κ1) is 17.4. The van der Waals surface area contributed by atoms with Gasteiger partial charge in [-0.3, -0.25) is 9.36 Å². The van der Waals surface area contributed by atoms with Crippen molar-refractivity contribution in [2.75, 3.05) is 5.32 Å². The second-order valence-corrected chi connectivity index (χ2v) is 6.08. The Morgan fingerprint density at radius 3 is 2.64 bits per heavy atom. The number of hydrogen-bond donors (Lipinski definition) is 1. The van der Waals surface area contributed by atoms with Gasteiger partial charge in [-0.25, -0.2) is 15.0 Å². The van der Waals surface area contributed by atoms with Crippen LogP contribution in [0.3, 0.4) is 0 Å². The van der Waals surface area contributed by atoms with E-state index < -0.39 is 0 Å². The minimum atomic E-state index is -0.146. The van der Waals surface area contributed by atoms with E-state index in [4.69, 9.17) is 4.74 Å². The molecule has 0 saturated carbocycles. The number of carbonyl (C=O) groups is 1. The molecule has 138 valence electrons. The normalized spacial score (nSPS) is 10.5. The molecule has 0 aliphatic carbocycles. The molecule has 28 heavy (non-hydrogen) atoms. The SMILES string of the molecule is Cc1ccccc1C(=O)Nc1ccc(Oc2cc(-n3ccnc3)ncn2)cc1. The van der Waals surface area contributed by atoms with Crippen molar-refractivity contribution in [2.24, 2.45) is 0 Å². The van der Waals surface area contributed by atoms with Crippen molar-refractivity contribution in [3.8, 4) is 17.4 Å². The number of anilines is 1. The van der Waals surface area contributed by atoms with Gasteiger partial charge in [-0.15, -0.1) is 0 Å². The molecule has 7 nitrogen and oxygen atoms in total. The summed E-state index contributed by atoms with van der Waals surface area (Å²) in [6.45, 7) is 1.91. The van der Waals surface area contributed by atoms with E-state index in [1.807, 2.05) is 25.1 Å². The first-order valence-electron chi connectivity index (χ1n) is 8.64. The molecule has 0 saturated heterocycles. The Morgan fingerprint density at radius 1 is 1.07 bits per heavy atom. The predicted molar refractivity (Wildman–Crippen MR) is 105 cm³/mol. The zero-order valence-corrected chi connectivity index (χ0v) is 15.1. The van der Waals surface area contributed by atoms with Crippen LogP contribution in [0.4, 0.5) is 5.69 Å². The fourth-order valence-corrected chi connectivity index (χ4v) is 2.67. The number of aryl methyl sites for hydroxylation is 1. The Morgan fingerprint density at radius 2 is 1.89 bits per heavy atom. The van der Waals surface area contributed by atoms with Gasteiger partial charge in [0.25, 0.3) is 5.91 Å². The van der Waals surface area contributed by atoms with Crippen LogP contribution < -0.4 is 10.1 Å². The second kappa shape index (κ2) is 7.71. The third-order valence-corrected chi connectivity index (χ3v) is 4.12. The van der Waals surface area contributed by atoms with E-state index in [9.17, 15) is 4.79 Å². The lowest BCUT2D eigenvalue weighted by molar-refractivity contribution is 0.102. The molecule has 0 fully saturated rings. The number of carbonyl (C=O) groups excluding carboxylic acids is 1. The van der Waals surface area contributed by atoms with Crippen molar-refractivity contribution < 1.29 is 9.53 Å². The summed E-state index contributed by atoms with van der Waals surface area (Å²) in [6, 6.07) is 16.3. The summed E-state index contributed by atoms with van der Waals surface area (Å²) < 4.78 is 7.55. The monoisotopic (exact) mass is 371 g/mol. The number of benzene rings is 2. The average molecular weight is 371 g/mol. The molecule has 2 aromatic heterocycles. The van der Waals surface area contributed by atoms with Gasteiger partial charge < -0.3 is 10.1 Å². The summed E-state index contributed by atoms with van der Waals surface area (Å²) in [6.07, 6.45) is 6.55. The van der Waals surface area contributed by atoms with E-state index >= 15 is 0 Å². The van der Waals surface area contributed by atoms with Gasteiger partial charge in [0.1, 0.15) is 24.2 Å². The maximum Gasteiger partial charge on any atom is 0.255 e. The Bertz CT molecular complexity index is 1090. The summed E-state index contributed by atoms with van der Waals surface area (Å²) in [7, 11) is 0. The molecule has 0 aliphatic heterocycles. The Labute approximate surface area is 161 Å². The van der Waals surface area contributed by atoms with Gasteiger partial charge in [-0.05, 0) is 42.8 Å². The van der Waals surface area contributed by atoms with E-state index in [0.29, 0.717) is 28.7 Å². The van der Waals surface area contributed by atoms with Crippen LogP contribution in [-0.4, -0.2) is 25.4 Å². The third kappa shape index (κ3) is 3.88. The highest BCUT2D eigenvalue weighted by Crippen LogP contribution is 2.23. The first-order chi connectivity index (χ1) is 13.7. The van der Waals surface area contributed by atoms with E-state index in [0.717, 1.165) is 5.56 Å². The van der Waals surface area contributed by atoms with E-state index in [1.165, 1.54) is 6.33 Å². The molecule has 2 aromatic carbocycles. The predicted octanol–water partition coefficient (Wildman–Crippen LogP) is 4.02. The zero-order chi connectivity index (χ0) is 19.3. The molecule has 7 heteroatoms. The number of imidazole rings is 1. The van der Waals surface area contributed by atoms with Crippen molar-refractivity contribution >= 4 is 11.6 Å². The molecule has 0 unspecified atom stereocenters. The maximum atomic E-state index is 12.4. The quantitative estimate of drug-likeness (QED) is 0.573. The van der Waals surface area contributed by atoms with E-state index in [-0.39, 0.29) is 5.91 Å². The van der Waals surface area contributed by atoms with Gasteiger partial charge >= 0.3 is 0 Å². The van der Waals surface area contributed by atoms with E-state index in [2.05, 4.69) is 20.3 Å². The highest BCUT2D eigenvalue weighted by Gasteiger charge is 2.09. The van der Waals surface area contributed by atoms with Crippen LogP contribution in [0, 0.1) is 6.92 Å². The summed E-state index contributed by atoms with van der Waals surface area (Å²) >= 11 is 0. The van der Waals surface area contributed by atoms with Crippen molar-refractivity contribution in [3.05, 3.63) is 90.8 Å². The van der Waals surface area contributed by atoms with Crippen molar-refractivity contribution in [1.82, 2.24) is 19.5 Å². The molecular formula is C21H17N5O2. The minimum absolute atomic E-state index is 0.146. The van der Waals surface area contributed by atoms with E-state index in [1.54, 1.807) is 59.7 Å². The van der Waals surface area contributed by atoms with Gasteiger partial charge in [0.15, 0.2) is 0 Å². The van der Waals surface area contributed by atoms with Crippen LogP contribution in [-0.2, 0) is 0 Å². The molecule has 0 atom stereocenters. The minimum Gasteiger partial charge on any atom is -0.439 e. The number of hydrogen-bond acceptors (Lipinski definition) is 5. The number of ether oxygens (including phenoxy) is 1. The standard InChI is InChI=1S/C21H17N5O2/c1-15-4-2-3-5-18(15)21(27)25-16-6-8-17(9-7-16)28-20-12-19(23-13-24-20)26-11-10-22-14-26/h2-14H,1H3,(H,25,27). The molecule has 2 heterocycles. The summed E-state index contributed by atoms with van der Waals surface area (Å²) in [4.78, 5) is 24.7. The summed E-state index contributed by atoms with van der Waals surface area (Å²) in [5, 5.41) is 2.89. The highest BCUT2D eigenvalue weighted by atomic mass is 16.5. The van der Waals surface area contributed by atoms with Gasteiger partial charge in [-0.1, -0.05) is 18.2 Å². The number of aromatic nitrogens is 4. The molecule has 0 bridgehead atoms. The molecule has 1 N–H and O–H groups in total.